The van der Waals surface area contributed by atoms with Crippen LogP contribution in [0.4, 0.5) is 11.4 Å². The molecule has 0 unspecified atom stereocenters. The van der Waals surface area contributed by atoms with Crippen LogP contribution in [-0.2, 0) is 13.2 Å². The Bertz CT molecular complexity index is 1850. The minimum atomic E-state index is -1.51. The maximum atomic E-state index is 12.3. The van der Waals surface area contributed by atoms with Crippen LogP contribution < -0.4 is 18.9 Å². The fourth-order valence-corrected chi connectivity index (χ4v) is 4.44. The Morgan fingerprint density at radius 3 is 1.25 bits per heavy atom. The number of nitro groups is 2. The zero-order valence-corrected chi connectivity index (χ0v) is 24.7. The predicted molar refractivity (Wildman–Crippen MR) is 168 cm³/mol. The fraction of sp³-hybridized carbons (Fsp3) is 0.0588. The van der Waals surface area contributed by atoms with Gasteiger partial charge in [0.15, 0.2) is 0 Å². The van der Waals surface area contributed by atoms with Gasteiger partial charge in [0.05, 0.1) is 9.85 Å². The second kappa shape index (κ2) is 14.4. The molecule has 14 nitrogen and oxygen atoms in total. The minimum absolute atomic E-state index is 0.0115. The van der Waals surface area contributed by atoms with E-state index in [1.165, 1.54) is 24.3 Å². The lowest BCUT2D eigenvalue weighted by Crippen LogP contribution is -2.07. The minimum Gasteiger partial charge on any atom is -0.482 e. The molecule has 0 aliphatic carbocycles. The molecule has 5 aromatic carbocycles. The second-order valence-electron chi connectivity index (χ2n) is 9.98. The van der Waals surface area contributed by atoms with Gasteiger partial charge in [-0.15, -0.1) is 0 Å². The molecule has 0 bridgehead atoms. The van der Waals surface area contributed by atoms with Gasteiger partial charge in [-0.05, 0) is 35.4 Å². The van der Waals surface area contributed by atoms with E-state index in [4.69, 9.17) is 18.9 Å². The average molecular weight is 653 g/mol. The number of rotatable bonds is 14. The third kappa shape index (κ3) is 7.81. The predicted octanol–water partition coefficient (Wildman–Crippen LogP) is 7.64. The summed E-state index contributed by atoms with van der Waals surface area (Å²) in [6.45, 7) is -0.0231. The van der Waals surface area contributed by atoms with Crippen LogP contribution in [0, 0.1) is 20.2 Å². The number of carboxylic acid groups (broad SMARTS) is 2. The maximum Gasteiger partial charge on any atom is 0.339 e. The fourth-order valence-electron chi connectivity index (χ4n) is 4.44. The van der Waals surface area contributed by atoms with Gasteiger partial charge in [-0.1, -0.05) is 60.7 Å². The molecule has 14 heteroatoms. The highest BCUT2D eigenvalue weighted by Crippen LogP contribution is 2.39. The molecule has 0 spiro atoms. The van der Waals surface area contributed by atoms with E-state index in [2.05, 4.69) is 0 Å². The first-order valence-corrected chi connectivity index (χ1v) is 14.0. The summed E-state index contributed by atoms with van der Waals surface area (Å²) in [5.41, 5.74) is -0.305. The first-order valence-electron chi connectivity index (χ1n) is 14.0. The van der Waals surface area contributed by atoms with Crippen molar-refractivity contribution in [2.75, 3.05) is 0 Å². The molecule has 0 aromatic heterocycles. The van der Waals surface area contributed by atoms with Crippen molar-refractivity contribution in [2.45, 2.75) is 13.2 Å². The smallest absolute Gasteiger partial charge is 0.339 e. The lowest BCUT2D eigenvalue weighted by atomic mass is 10.1. The van der Waals surface area contributed by atoms with Gasteiger partial charge >= 0.3 is 23.3 Å². The Kier molecular flexibility index (Phi) is 9.75. The third-order valence-electron chi connectivity index (χ3n) is 6.73. The van der Waals surface area contributed by atoms with Crippen molar-refractivity contribution in [3.05, 3.63) is 152 Å². The molecular weight excluding hydrogens is 628 g/mol. The molecule has 5 rings (SSSR count). The molecule has 0 heterocycles. The molecule has 2 N–H and O–H groups in total. The van der Waals surface area contributed by atoms with Crippen LogP contribution in [-0.4, -0.2) is 32.0 Å². The van der Waals surface area contributed by atoms with Crippen LogP contribution in [0.2, 0.25) is 0 Å². The zero-order valence-electron chi connectivity index (χ0n) is 24.7. The first kappa shape index (κ1) is 32.4. The van der Waals surface area contributed by atoms with Crippen LogP contribution in [0.25, 0.3) is 0 Å². The van der Waals surface area contributed by atoms with Crippen molar-refractivity contribution in [3.8, 4) is 34.5 Å². The van der Waals surface area contributed by atoms with E-state index in [1.807, 2.05) is 0 Å². The molecule has 0 aliphatic heterocycles. The molecular formula is C34H24N2O12. The van der Waals surface area contributed by atoms with Crippen LogP contribution in [0.15, 0.2) is 109 Å². The molecule has 0 fully saturated rings. The first-order chi connectivity index (χ1) is 23.1. The maximum absolute atomic E-state index is 12.3. The summed E-state index contributed by atoms with van der Waals surface area (Å²) in [7, 11) is 0. The van der Waals surface area contributed by atoms with Gasteiger partial charge in [0.1, 0.15) is 47.3 Å². The monoisotopic (exact) mass is 652 g/mol. The lowest BCUT2D eigenvalue weighted by molar-refractivity contribution is -0.386. The Morgan fingerprint density at radius 1 is 0.542 bits per heavy atom. The topological polar surface area (TPSA) is 198 Å². The van der Waals surface area contributed by atoms with E-state index >= 15 is 0 Å². The normalized spacial score (nSPS) is 10.5. The SMILES string of the molecule is O=C(O)c1cc(Oc2ccc([N+](=O)[O-])c(OCc3ccccc3)c2)c(C(=O)O)cc1Oc1ccc([N+](=O)[O-])c(OCc2ccccc2)c1. The van der Waals surface area contributed by atoms with Gasteiger partial charge in [0.25, 0.3) is 0 Å². The summed E-state index contributed by atoms with van der Waals surface area (Å²) < 4.78 is 22.8. The number of carbonyl (C=O) groups is 2. The molecule has 0 radical (unpaired) electrons. The van der Waals surface area contributed by atoms with Crippen LogP contribution in [0.3, 0.4) is 0 Å². The van der Waals surface area contributed by atoms with Gasteiger partial charge in [-0.25, -0.2) is 9.59 Å². The van der Waals surface area contributed by atoms with Crippen molar-refractivity contribution >= 4 is 23.3 Å². The zero-order chi connectivity index (χ0) is 34.2. The lowest BCUT2D eigenvalue weighted by Gasteiger charge is -2.15. The highest BCUT2D eigenvalue weighted by Gasteiger charge is 2.24. The molecule has 48 heavy (non-hydrogen) atoms. The van der Waals surface area contributed by atoms with E-state index in [-0.39, 0.29) is 47.6 Å². The Morgan fingerprint density at radius 2 is 0.917 bits per heavy atom. The van der Waals surface area contributed by atoms with Gasteiger partial charge in [0, 0.05) is 24.3 Å². The number of nitro benzene ring substituents is 2. The quantitative estimate of drug-likeness (QED) is 0.0879. The summed E-state index contributed by atoms with van der Waals surface area (Å²) in [6.07, 6.45) is 0. The summed E-state index contributed by atoms with van der Waals surface area (Å²) in [5, 5.41) is 43.2. The summed E-state index contributed by atoms with van der Waals surface area (Å²) in [5.74, 6) is -4.33. The van der Waals surface area contributed by atoms with E-state index < -0.39 is 44.4 Å². The Labute approximate surface area is 271 Å². The molecule has 5 aromatic rings. The van der Waals surface area contributed by atoms with E-state index in [0.717, 1.165) is 35.4 Å². The summed E-state index contributed by atoms with van der Waals surface area (Å²) in [4.78, 5) is 46.5. The van der Waals surface area contributed by atoms with E-state index in [9.17, 15) is 40.0 Å². The van der Waals surface area contributed by atoms with Crippen molar-refractivity contribution < 1.29 is 48.6 Å². The number of hydrogen-bond acceptors (Lipinski definition) is 10. The summed E-state index contributed by atoms with van der Waals surface area (Å²) in [6, 6.07) is 26.6. The highest BCUT2D eigenvalue weighted by atomic mass is 16.6. The Balaban J connectivity index is 1.45. The van der Waals surface area contributed by atoms with Crippen LogP contribution >= 0.6 is 0 Å². The number of ether oxygens (including phenoxy) is 4. The van der Waals surface area contributed by atoms with E-state index in [0.29, 0.717) is 0 Å². The van der Waals surface area contributed by atoms with Crippen molar-refractivity contribution in [2.24, 2.45) is 0 Å². The van der Waals surface area contributed by atoms with Crippen molar-refractivity contribution in [3.63, 3.8) is 0 Å². The van der Waals surface area contributed by atoms with Gasteiger partial charge in [-0.2, -0.15) is 0 Å². The number of aromatic carboxylic acids is 2. The largest absolute Gasteiger partial charge is 0.482 e. The van der Waals surface area contributed by atoms with E-state index in [1.54, 1.807) is 60.7 Å². The van der Waals surface area contributed by atoms with Crippen molar-refractivity contribution in [1.82, 2.24) is 0 Å². The number of carboxylic acids is 2. The second-order valence-corrected chi connectivity index (χ2v) is 9.98. The molecule has 0 aliphatic rings. The summed E-state index contributed by atoms with van der Waals surface area (Å²) >= 11 is 0. The molecule has 0 saturated carbocycles. The molecule has 0 atom stereocenters. The van der Waals surface area contributed by atoms with Crippen LogP contribution in [0.1, 0.15) is 31.8 Å². The number of benzene rings is 5. The van der Waals surface area contributed by atoms with Crippen LogP contribution in [0.5, 0.6) is 34.5 Å². The molecule has 0 saturated heterocycles. The number of nitrogens with zero attached hydrogens (tertiary/aromatic N) is 2. The molecule has 242 valence electrons. The van der Waals surface area contributed by atoms with Gasteiger partial charge in [0.2, 0.25) is 11.5 Å². The Hall–Kier alpha value is -6.96. The van der Waals surface area contributed by atoms with Gasteiger partial charge < -0.3 is 29.2 Å². The third-order valence-corrected chi connectivity index (χ3v) is 6.73. The average Bonchev–Trinajstić information content (AvgIpc) is 3.07. The van der Waals surface area contributed by atoms with Gasteiger partial charge in [-0.3, -0.25) is 20.2 Å². The standard InChI is InChI=1S/C34H24N2O12/c37-33(38)25-18-30(48-24-12-14-28(36(43)44)32(16-24)46-20-22-9-5-2-6-10-22)26(34(39)40)17-29(25)47-23-11-13-27(35(41)42)31(15-23)45-19-21-7-3-1-4-8-21/h1-18H,19-20H2,(H,37,38)(H,39,40). The number of hydrogen-bond donors (Lipinski definition) is 2. The van der Waals surface area contributed by atoms with Crippen molar-refractivity contribution in [1.29, 1.82) is 0 Å². The highest BCUT2D eigenvalue weighted by molar-refractivity contribution is 5.97. The molecule has 0 amide bonds.